The predicted octanol–water partition coefficient (Wildman–Crippen LogP) is 3.32. The lowest BCUT2D eigenvalue weighted by molar-refractivity contribution is -0.0443. The molecule has 0 radical (unpaired) electrons. The van der Waals surface area contributed by atoms with E-state index < -0.39 is 0 Å². The zero-order valence-electron chi connectivity index (χ0n) is 6.05. The lowest BCUT2D eigenvalue weighted by Gasteiger charge is -2.06. The van der Waals surface area contributed by atoms with Gasteiger partial charge in [-0.2, -0.15) is 0 Å². The molecular formula is C7H6Br2O2S. The average molecular weight is 314 g/mol. The van der Waals surface area contributed by atoms with Crippen LogP contribution >= 0.6 is 43.2 Å². The Bertz CT molecular complexity index is 281. The van der Waals surface area contributed by atoms with Crippen LogP contribution in [0.25, 0.3) is 0 Å². The number of rotatable bonds is 1. The van der Waals surface area contributed by atoms with Gasteiger partial charge in [0.15, 0.2) is 6.29 Å². The average Bonchev–Trinajstić information content (AvgIpc) is 2.58. The second-order valence-corrected chi connectivity index (χ2v) is 6.10. The molecule has 0 amide bonds. The Hall–Kier alpha value is 0.580. The van der Waals surface area contributed by atoms with Crippen LogP contribution in [0.5, 0.6) is 0 Å². The van der Waals surface area contributed by atoms with Gasteiger partial charge in [0.2, 0.25) is 0 Å². The fourth-order valence-electron chi connectivity index (χ4n) is 1.05. The topological polar surface area (TPSA) is 18.5 Å². The molecule has 2 nitrogen and oxygen atoms in total. The first kappa shape index (κ1) is 9.15. The molecular weight excluding hydrogens is 308 g/mol. The Morgan fingerprint density at radius 3 is 2.50 bits per heavy atom. The smallest absolute Gasteiger partial charge is 0.185 e. The molecule has 1 fully saturated rings. The van der Waals surface area contributed by atoms with Gasteiger partial charge in [-0.05, 0) is 37.9 Å². The summed E-state index contributed by atoms with van der Waals surface area (Å²) in [7, 11) is 0. The zero-order chi connectivity index (χ0) is 8.55. The van der Waals surface area contributed by atoms with Crippen LogP contribution in [0.4, 0.5) is 0 Å². The maximum atomic E-state index is 5.37. The minimum absolute atomic E-state index is 0.179. The van der Waals surface area contributed by atoms with E-state index in [9.17, 15) is 0 Å². The zero-order valence-corrected chi connectivity index (χ0v) is 10.0. The number of hydrogen-bond acceptors (Lipinski definition) is 3. The van der Waals surface area contributed by atoms with E-state index in [0.29, 0.717) is 13.2 Å². The van der Waals surface area contributed by atoms with Crippen LogP contribution in [0.3, 0.4) is 0 Å². The van der Waals surface area contributed by atoms with Gasteiger partial charge in [-0.15, -0.1) is 11.3 Å². The minimum atomic E-state index is -0.179. The normalized spacial score (nSPS) is 18.8. The van der Waals surface area contributed by atoms with Gasteiger partial charge in [0.05, 0.1) is 20.8 Å². The van der Waals surface area contributed by atoms with E-state index in [2.05, 4.69) is 31.9 Å². The van der Waals surface area contributed by atoms with Crippen molar-refractivity contribution in [3.63, 3.8) is 0 Å². The van der Waals surface area contributed by atoms with Crippen molar-refractivity contribution < 1.29 is 9.47 Å². The molecule has 66 valence electrons. The van der Waals surface area contributed by atoms with E-state index in [1.54, 1.807) is 11.3 Å². The third kappa shape index (κ3) is 1.75. The second kappa shape index (κ2) is 3.75. The minimum Gasteiger partial charge on any atom is -0.346 e. The van der Waals surface area contributed by atoms with Gasteiger partial charge >= 0.3 is 0 Å². The summed E-state index contributed by atoms with van der Waals surface area (Å²) < 4.78 is 12.9. The van der Waals surface area contributed by atoms with Crippen molar-refractivity contribution in [1.29, 1.82) is 0 Å². The lowest BCUT2D eigenvalue weighted by Crippen LogP contribution is -1.95. The Morgan fingerprint density at radius 1 is 1.33 bits per heavy atom. The molecule has 0 aliphatic carbocycles. The first-order valence-electron chi connectivity index (χ1n) is 3.45. The number of ether oxygens (including phenoxy) is 2. The van der Waals surface area contributed by atoms with Crippen molar-refractivity contribution in [2.45, 2.75) is 6.29 Å². The SMILES string of the molecule is Brc1cc(C2OCCO2)c(Br)s1. The molecule has 0 unspecified atom stereocenters. The highest BCUT2D eigenvalue weighted by Crippen LogP contribution is 2.38. The van der Waals surface area contributed by atoms with Crippen LogP contribution in [-0.4, -0.2) is 13.2 Å². The van der Waals surface area contributed by atoms with Gasteiger partial charge in [0.1, 0.15) is 0 Å². The summed E-state index contributed by atoms with van der Waals surface area (Å²) in [5.41, 5.74) is 1.07. The molecule has 1 aromatic rings. The molecule has 0 N–H and O–H groups in total. The third-order valence-corrected chi connectivity index (χ3v) is 3.94. The molecule has 2 rings (SSSR count). The van der Waals surface area contributed by atoms with Crippen LogP contribution in [0, 0.1) is 0 Å². The number of halogens is 2. The highest BCUT2D eigenvalue weighted by atomic mass is 79.9. The molecule has 0 spiro atoms. The molecule has 1 aromatic heterocycles. The highest BCUT2D eigenvalue weighted by molar-refractivity contribution is 9.12. The van der Waals surface area contributed by atoms with Crippen molar-refractivity contribution in [2.75, 3.05) is 13.2 Å². The molecule has 1 aliphatic rings. The maximum absolute atomic E-state index is 5.37. The molecule has 0 saturated carbocycles. The van der Waals surface area contributed by atoms with Crippen LogP contribution in [0.1, 0.15) is 11.9 Å². The van der Waals surface area contributed by atoms with Gasteiger partial charge in [0, 0.05) is 5.56 Å². The van der Waals surface area contributed by atoms with Crippen molar-refractivity contribution in [1.82, 2.24) is 0 Å². The number of thiophene rings is 1. The molecule has 1 saturated heterocycles. The first-order chi connectivity index (χ1) is 5.77. The van der Waals surface area contributed by atoms with Gasteiger partial charge in [-0.1, -0.05) is 0 Å². The monoisotopic (exact) mass is 312 g/mol. The van der Waals surface area contributed by atoms with Gasteiger partial charge in [-0.3, -0.25) is 0 Å². The summed E-state index contributed by atoms with van der Waals surface area (Å²) in [6.45, 7) is 1.37. The Kier molecular flexibility index (Phi) is 2.86. The van der Waals surface area contributed by atoms with Crippen molar-refractivity contribution >= 4 is 43.2 Å². The fourth-order valence-corrected chi connectivity index (χ4v) is 3.89. The maximum Gasteiger partial charge on any atom is 0.185 e. The molecule has 0 atom stereocenters. The lowest BCUT2D eigenvalue weighted by atomic mass is 10.3. The summed E-state index contributed by atoms with van der Waals surface area (Å²) >= 11 is 8.49. The van der Waals surface area contributed by atoms with Crippen LogP contribution in [0.15, 0.2) is 13.6 Å². The molecule has 0 aromatic carbocycles. The summed E-state index contributed by atoms with van der Waals surface area (Å²) in [5.74, 6) is 0. The summed E-state index contributed by atoms with van der Waals surface area (Å²) in [4.78, 5) is 0. The summed E-state index contributed by atoms with van der Waals surface area (Å²) in [6.07, 6.45) is -0.179. The van der Waals surface area contributed by atoms with Gasteiger partial charge in [0.25, 0.3) is 0 Å². The van der Waals surface area contributed by atoms with Gasteiger partial charge < -0.3 is 9.47 Å². The van der Waals surface area contributed by atoms with Crippen LogP contribution in [0.2, 0.25) is 0 Å². The second-order valence-electron chi connectivity index (χ2n) is 2.35. The van der Waals surface area contributed by atoms with Gasteiger partial charge in [-0.25, -0.2) is 0 Å². The van der Waals surface area contributed by atoms with E-state index in [-0.39, 0.29) is 6.29 Å². The standard InChI is InChI=1S/C7H6Br2O2S/c8-5-3-4(6(9)12-5)7-10-1-2-11-7/h3,7H,1-2H2. The van der Waals surface area contributed by atoms with Crippen molar-refractivity contribution in [3.8, 4) is 0 Å². The van der Waals surface area contributed by atoms with Crippen molar-refractivity contribution in [3.05, 3.63) is 19.2 Å². The fraction of sp³-hybridized carbons (Fsp3) is 0.429. The van der Waals surface area contributed by atoms with E-state index >= 15 is 0 Å². The number of hydrogen-bond donors (Lipinski definition) is 0. The summed E-state index contributed by atoms with van der Waals surface area (Å²) in [5, 5.41) is 0. The predicted molar refractivity (Wildman–Crippen MR) is 54.4 cm³/mol. The van der Waals surface area contributed by atoms with Crippen molar-refractivity contribution in [2.24, 2.45) is 0 Å². The van der Waals surface area contributed by atoms with Crippen LogP contribution in [-0.2, 0) is 9.47 Å². The molecule has 5 heteroatoms. The largest absolute Gasteiger partial charge is 0.346 e. The Morgan fingerprint density at radius 2 is 2.00 bits per heavy atom. The highest BCUT2D eigenvalue weighted by Gasteiger charge is 2.22. The van der Waals surface area contributed by atoms with E-state index in [1.807, 2.05) is 6.07 Å². The van der Waals surface area contributed by atoms with Crippen LogP contribution < -0.4 is 0 Å². The molecule has 1 aliphatic heterocycles. The summed E-state index contributed by atoms with van der Waals surface area (Å²) in [6, 6.07) is 2.02. The Labute approximate surface area is 91.1 Å². The molecule has 0 bridgehead atoms. The Balaban J connectivity index is 2.25. The van der Waals surface area contributed by atoms with E-state index in [4.69, 9.17) is 9.47 Å². The van der Waals surface area contributed by atoms with E-state index in [0.717, 1.165) is 13.1 Å². The first-order valence-corrected chi connectivity index (χ1v) is 5.85. The third-order valence-electron chi connectivity index (χ3n) is 1.56. The van der Waals surface area contributed by atoms with E-state index in [1.165, 1.54) is 0 Å². The molecule has 2 heterocycles. The molecule has 12 heavy (non-hydrogen) atoms. The quantitative estimate of drug-likeness (QED) is 0.792.